The van der Waals surface area contributed by atoms with E-state index in [1.807, 2.05) is 0 Å². The summed E-state index contributed by atoms with van der Waals surface area (Å²) in [7, 11) is 0. The number of carbonyl (C=O) groups excluding carboxylic acids is 1. The molecule has 0 spiro atoms. The Kier molecular flexibility index (Phi) is 4.31. The van der Waals surface area contributed by atoms with E-state index in [2.05, 4.69) is 5.32 Å². The maximum absolute atomic E-state index is 12.0. The maximum atomic E-state index is 12.0. The monoisotopic (exact) mass is 301 g/mol. The van der Waals surface area contributed by atoms with E-state index in [0.29, 0.717) is 0 Å². The van der Waals surface area contributed by atoms with Gasteiger partial charge < -0.3 is 20.6 Å². The molecule has 8 heteroatoms. The lowest BCUT2D eigenvalue weighted by atomic mass is 9.90. The van der Waals surface area contributed by atoms with Crippen LogP contribution >= 0.6 is 0 Å². The number of nitrogens with one attached hydrogen (secondary N) is 1. The zero-order valence-corrected chi connectivity index (χ0v) is 12.0. The van der Waals surface area contributed by atoms with E-state index in [4.69, 9.17) is 10.2 Å². The van der Waals surface area contributed by atoms with E-state index in [1.54, 1.807) is 20.8 Å². The van der Waals surface area contributed by atoms with Gasteiger partial charge in [-0.1, -0.05) is 20.8 Å². The smallest absolute Gasteiger partial charge is 0.329 e. The van der Waals surface area contributed by atoms with Crippen LogP contribution in [0.2, 0.25) is 0 Å². The first-order valence-electron chi connectivity index (χ1n) is 6.42. The highest BCUT2D eigenvalue weighted by atomic mass is 16.4. The summed E-state index contributed by atoms with van der Waals surface area (Å²) in [5.41, 5.74) is -2.74. The van der Waals surface area contributed by atoms with Gasteiger partial charge in [0.25, 0.3) is 0 Å². The topological polar surface area (TPSA) is 141 Å². The molecular formula is C13H19NO7. The van der Waals surface area contributed by atoms with Crippen molar-refractivity contribution in [3.8, 4) is 0 Å². The fourth-order valence-corrected chi connectivity index (χ4v) is 2.37. The van der Waals surface area contributed by atoms with Crippen molar-refractivity contribution in [2.24, 2.45) is 17.3 Å². The van der Waals surface area contributed by atoms with Crippen molar-refractivity contribution in [1.82, 2.24) is 5.32 Å². The first kappa shape index (κ1) is 16.9. The van der Waals surface area contributed by atoms with Crippen LogP contribution in [0.3, 0.4) is 0 Å². The minimum absolute atomic E-state index is 0.448. The highest BCUT2D eigenvalue weighted by Crippen LogP contribution is 2.40. The molecule has 0 aromatic rings. The van der Waals surface area contributed by atoms with E-state index >= 15 is 0 Å². The third-order valence-electron chi connectivity index (χ3n) is 3.70. The molecule has 1 amide bonds. The Morgan fingerprint density at radius 3 is 1.57 bits per heavy atom. The van der Waals surface area contributed by atoms with Crippen LogP contribution in [0.4, 0.5) is 0 Å². The summed E-state index contributed by atoms with van der Waals surface area (Å²) in [5.74, 6) is -7.45. The number of carboxylic acids is 3. The maximum Gasteiger partial charge on any atom is 0.329 e. The summed E-state index contributed by atoms with van der Waals surface area (Å²) in [5, 5.41) is 29.9. The van der Waals surface area contributed by atoms with Crippen molar-refractivity contribution < 1.29 is 34.5 Å². The van der Waals surface area contributed by atoms with Gasteiger partial charge in [0.05, 0.1) is 11.8 Å². The van der Waals surface area contributed by atoms with Crippen LogP contribution in [0.25, 0.3) is 0 Å². The normalized spacial score (nSPS) is 28.9. The van der Waals surface area contributed by atoms with Crippen molar-refractivity contribution in [3.05, 3.63) is 0 Å². The number of hydrogen-bond donors (Lipinski definition) is 4. The lowest BCUT2D eigenvalue weighted by Gasteiger charge is -2.29. The first-order valence-corrected chi connectivity index (χ1v) is 6.42. The summed E-state index contributed by atoms with van der Waals surface area (Å²) >= 11 is 0. The van der Waals surface area contributed by atoms with Gasteiger partial charge in [-0.15, -0.1) is 0 Å². The van der Waals surface area contributed by atoms with Crippen LogP contribution in [0, 0.1) is 17.3 Å². The molecule has 3 atom stereocenters. The quantitative estimate of drug-likeness (QED) is 0.579. The van der Waals surface area contributed by atoms with Gasteiger partial charge >= 0.3 is 17.9 Å². The molecule has 0 heterocycles. The zero-order chi connectivity index (χ0) is 16.6. The van der Waals surface area contributed by atoms with E-state index in [-0.39, 0.29) is 0 Å². The molecule has 0 aromatic heterocycles. The summed E-state index contributed by atoms with van der Waals surface area (Å²) in [6, 6.07) is 0. The molecule has 0 aliphatic heterocycles. The molecule has 0 saturated heterocycles. The van der Waals surface area contributed by atoms with Crippen LogP contribution in [-0.2, 0) is 19.2 Å². The number of carboxylic acid groups (broad SMARTS) is 3. The van der Waals surface area contributed by atoms with Gasteiger partial charge in [-0.2, -0.15) is 0 Å². The minimum Gasteiger partial charge on any atom is -0.481 e. The number of aliphatic carboxylic acids is 3. The Hall–Kier alpha value is -2.12. The number of amides is 1. The molecule has 1 unspecified atom stereocenters. The highest BCUT2D eigenvalue weighted by Gasteiger charge is 2.56. The van der Waals surface area contributed by atoms with Crippen molar-refractivity contribution in [2.75, 3.05) is 0 Å². The summed E-state index contributed by atoms with van der Waals surface area (Å²) in [6.07, 6.45) is -0.896. The predicted octanol–water partition coefficient (Wildman–Crippen LogP) is 0.168. The molecule has 1 saturated carbocycles. The number of carbonyl (C=O) groups is 4. The lowest BCUT2D eigenvalue weighted by molar-refractivity contribution is -0.152. The Bertz CT molecular complexity index is 469. The summed E-state index contributed by atoms with van der Waals surface area (Å²) < 4.78 is 0. The third kappa shape index (κ3) is 3.32. The molecule has 1 aliphatic rings. The summed E-state index contributed by atoms with van der Waals surface area (Å²) in [6.45, 7) is 4.74. The average molecular weight is 301 g/mol. The second-order valence-corrected chi connectivity index (χ2v) is 6.39. The molecule has 0 radical (unpaired) electrons. The Morgan fingerprint density at radius 1 is 0.952 bits per heavy atom. The molecule has 0 bridgehead atoms. The Balaban J connectivity index is 3.14. The molecular weight excluding hydrogens is 282 g/mol. The van der Waals surface area contributed by atoms with E-state index in [9.17, 15) is 24.3 Å². The van der Waals surface area contributed by atoms with Gasteiger partial charge in [0, 0.05) is 5.41 Å². The van der Waals surface area contributed by atoms with Gasteiger partial charge in [-0.3, -0.25) is 14.4 Å². The van der Waals surface area contributed by atoms with Gasteiger partial charge in [-0.25, -0.2) is 4.79 Å². The molecule has 1 aliphatic carbocycles. The Morgan fingerprint density at radius 2 is 1.33 bits per heavy atom. The standard InChI is InChI=1S/C13H19NO7/c1-12(2,3)10(19)14-13(11(20)21)4-6(8(15)16)7(5-13)9(17)18/h6-7H,4-5H2,1-3H3,(H,14,19)(H,15,16)(H,17,18)(H,20,21)/t6-,7+,13?. The molecule has 1 fully saturated rings. The van der Waals surface area contributed by atoms with Crippen LogP contribution in [0.15, 0.2) is 0 Å². The highest BCUT2D eigenvalue weighted by molar-refractivity contribution is 5.92. The molecule has 118 valence electrons. The van der Waals surface area contributed by atoms with Crippen molar-refractivity contribution in [2.45, 2.75) is 39.2 Å². The second-order valence-electron chi connectivity index (χ2n) is 6.39. The van der Waals surface area contributed by atoms with Crippen LogP contribution in [-0.4, -0.2) is 44.7 Å². The van der Waals surface area contributed by atoms with Gasteiger partial charge in [0.2, 0.25) is 5.91 Å². The SMILES string of the molecule is CC(C)(C)C(=O)NC1(C(=O)O)C[C@H](C(=O)O)[C@H](C(=O)O)C1. The Labute approximate surface area is 121 Å². The van der Waals surface area contributed by atoms with E-state index < -0.39 is 59.4 Å². The third-order valence-corrected chi connectivity index (χ3v) is 3.70. The molecule has 0 aromatic carbocycles. The molecule has 8 nitrogen and oxygen atoms in total. The van der Waals surface area contributed by atoms with Gasteiger partial charge in [-0.05, 0) is 12.8 Å². The molecule has 1 rings (SSSR count). The van der Waals surface area contributed by atoms with Crippen molar-refractivity contribution in [3.63, 3.8) is 0 Å². The van der Waals surface area contributed by atoms with Crippen LogP contribution in [0.1, 0.15) is 33.6 Å². The second kappa shape index (κ2) is 5.34. The largest absolute Gasteiger partial charge is 0.481 e. The minimum atomic E-state index is -1.86. The molecule has 4 N–H and O–H groups in total. The number of hydrogen-bond acceptors (Lipinski definition) is 4. The average Bonchev–Trinajstić information content (AvgIpc) is 2.69. The lowest BCUT2D eigenvalue weighted by Crippen LogP contribution is -2.56. The molecule has 21 heavy (non-hydrogen) atoms. The summed E-state index contributed by atoms with van der Waals surface area (Å²) in [4.78, 5) is 45.8. The number of rotatable bonds is 4. The van der Waals surface area contributed by atoms with Gasteiger partial charge in [0.1, 0.15) is 5.54 Å². The van der Waals surface area contributed by atoms with Crippen molar-refractivity contribution >= 4 is 23.8 Å². The van der Waals surface area contributed by atoms with Crippen LogP contribution in [0.5, 0.6) is 0 Å². The first-order chi connectivity index (χ1) is 9.40. The van der Waals surface area contributed by atoms with Crippen molar-refractivity contribution in [1.29, 1.82) is 0 Å². The van der Waals surface area contributed by atoms with Gasteiger partial charge in [0.15, 0.2) is 0 Å². The fourth-order valence-electron chi connectivity index (χ4n) is 2.37. The van der Waals surface area contributed by atoms with Crippen LogP contribution < -0.4 is 5.32 Å². The predicted molar refractivity (Wildman–Crippen MR) is 69.5 cm³/mol. The van der Waals surface area contributed by atoms with E-state index in [0.717, 1.165) is 0 Å². The zero-order valence-electron chi connectivity index (χ0n) is 12.0. The van der Waals surface area contributed by atoms with E-state index in [1.165, 1.54) is 0 Å². The fraction of sp³-hybridized carbons (Fsp3) is 0.692.